The second-order valence-corrected chi connectivity index (χ2v) is 4.77. The molecule has 4 nitrogen and oxygen atoms in total. The zero-order valence-corrected chi connectivity index (χ0v) is 10.4. The molecular formula is C12H22N2O2. The third-order valence-corrected chi connectivity index (χ3v) is 2.56. The average Bonchev–Trinajstić information content (AvgIpc) is 2.99. The van der Waals surface area contributed by atoms with Gasteiger partial charge in [-0.2, -0.15) is 0 Å². The Morgan fingerprint density at radius 3 is 2.38 bits per heavy atom. The first-order valence-corrected chi connectivity index (χ1v) is 6.15. The number of rotatable bonds is 7. The summed E-state index contributed by atoms with van der Waals surface area (Å²) in [6.07, 6.45) is 3.63. The Hall–Kier alpha value is -0.900. The van der Waals surface area contributed by atoms with Crippen LogP contribution in [0.2, 0.25) is 0 Å². The van der Waals surface area contributed by atoms with Gasteiger partial charge in [-0.25, -0.2) is 0 Å². The van der Waals surface area contributed by atoms with Crippen molar-refractivity contribution in [3.05, 3.63) is 0 Å². The quantitative estimate of drug-likeness (QED) is 0.637. The summed E-state index contributed by atoms with van der Waals surface area (Å²) in [7, 11) is 0. The van der Waals surface area contributed by atoms with Gasteiger partial charge in [-0.05, 0) is 19.3 Å². The molecule has 0 aliphatic heterocycles. The SMILES string of the molecule is CCCC(NC(C)C)C(=O)C(=O)NC1CC1. The minimum Gasteiger partial charge on any atom is -0.347 e. The summed E-state index contributed by atoms with van der Waals surface area (Å²) in [6.45, 7) is 5.98. The van der Waals surface area contributed by atoms with Gasteiger partial charge < -0.3 is 10.6 Å². The van der Waals surface area contributed by atoms with Crippen molar-refractivity contribution in [3.63, 3.8) is 0 Å². The first-order chi connectivity index (χ1) is 7.54. The van der Waals surface area contributed by atoms with Crippen LogP contribution in [0.3, 0.4) is 0 Å². The van der Waals surface area contributed by atoms with E-state index in [2.05, 4.69) is 10.6 Å². The van der Waals surface area contributed by atoms with E-state index in [9.17, 15) is 9.59 Å². The fourth-order valence-electron chi connectivity index (χ4n) is 1.62. The minimum atomic E-state index is -0.422. The molecule has 1 rings (SSSR count). The van der Waals surface area contributed by atoms with Crippen molar-refractivity contribution in [1.82, 2.24) is 10.6 Å². The Bertz CT molecular complexity index is 260. The van der Waals surface area contributed by atoms with E-state index in [4.69, 9.17) is 0 Å². The summed E-state index contributed by atoms with van der Waals surface area (Å²) in [6, 6.07) is 0.135. The minimum absolute atomic E-state index is 0.217. The number of amides is 1. The topological polar surface area (TPSA) is 58.2 Å². The predicted octanol–water partition coefficient (Wildman–Crippen LogP) is 1.00. The molecule has 16 heavy (non-hydrogen) atoms. The number of hydrogen-bond donors (Lipinski definition) is 2. The lowest BCUT2D eigenvalue weighted by molar-refractivity contribution is -0.139. The van der Waals surface area contributed by atoms with Gasteiger partial charge in [0.2, 0.25) is 5.78 Å². The molecule has 2 N–H and O–H groups in total. The van der Waals surface area contributed by atoms with Gasteiger partial charge in [0.25, 0.3) is 5.91 Å². The van der Waals surface area contributed by atoms with Gasteiger partial charge in [-0.1, -0.05) is 27.2 Å². The van der Waals surface area contributed by atoms with Crippen LogP contribution < -0.4 is 10.6 Å². The maximum absolute atomic E-state index is 11.9. The van der Waals surface area contributed by atoms with Gasteiger partial charge in [0.1, 0.15) is 0 Å². The molecule has 0 aromatic carbocycles. The van der Waals surface area contributed by atoms with Crippen LogP contribution in [0.5, 0.6) is 0 Å². The van der Waals surface area contributed by atoms with Crippen molar-refractivity contribution in [2.75, 3.05) is 0 Å². The van der Waals surface area contributed by atoms with E-state index >= 15 is 0 Å². The molecule has 1 unspecified atom stereocenters. The normalized spacial score (nSPS) is 17.2. The lowest BCUT2D eigenvalue weighted by atomic mass is 10.1. The number of hydrogen-bond acceptors (Lipinski definition) is 3. The van der Waals surface area contributed by atoms with Gasteiger partial charge in [0.15, 0.2) is 0 Å². The molecule has 0 bridgehead atoms. The summed E-state index contributed by atoms with van der Waals surface area (Å²) >= 11 is 0. The van der Waals surface area contributed by atoms with Gasteiger partial charge >= 0.3 is 0 Å². The van der Waals surface area contributed by atoms with Crippen molar-refractivity contribution in [3.8, 4) is 0 Å². The molecule has 1 amide bonds. The Morgan fingerprint density at radius 2 is 1.94 bits per heavy atom. The Labute approximate surface area is 97.2 Å². The maximum atomic E-state index is 11.9. The zero-order chi connectivity index (χ0) is 12.1. The van der Waals surface area contributed by atoms with E-state index in [1.165, 1.54) is 0 Å². The molecule has 1 saturated carbocycles. The summed E-state index contributed by atoms with van der Waals surface area (Å²) in [5, 5.41) is 5.88. The third kappa shape index (κ3) is 4.31. The number of carbonyl (C=O) groups excluding carboxylic acids is 2. The van der Waals surface area contributed by atoms with Crippen LogP contribution in [0.1, 0.15) is 46.5 Å². The summed E-state index contributed by atoms with van der Waals surface area (Å²) in [5.74, 6) is -0.739. The smallest absolute Gasteiger partial charge is 0.289 e. The molecule has 1 atom stereocenters. The molecule has 4 heteroatoms. The van der Waals surface area contributed by atoms with Gasteiger partial charge in [0.05, 0.1) is 6.04 Å². The second kappa shape index (κ2) is 5.99. The zero-order valence-electron chi connectivity index (χ0n) is 10.4. The first kappa shape index (κ1) is 13.2. The van der Waals surface area contributed by atoms with Gasteiger partial charge in [0, 0.05) is 12.1 Å². The van der Waals surface area contributed by atoms with E-state index in [-0.39, 0.29) is 23.9 Å². The van der Waals surface area contributed by atoms with Crippen molar-refractivity contribution in [1.29, 1.82) is 0 Å². The highest BCUT2D eigenvalue weighted by Gasteiger charge is 2.30. The monoisotopic (exact) mass is 226 g/mol. The van der Waals surface area contributed by atoms with Crippen molar-refractivity contribution in [2.45, 2.75) is 64.6 Å². The van der Waals surface area contributed by atoms with E-state index < -0.39 is 5.91 Å². The number of nitrogens with one attached hydrogen (secondary N) is 2. The largest absolute Gasteiger partial charge is 0.347 e. The summed E-state index contributed by atoms with van der Waals surface area (Å²) in [5.41, 5.74) is 0. The van der Waals surface area contributed by atoms with Gasteiger partial charge in [-0.3, -0.25) is 9.59 Å². The maximum Gasteiger partial charge on any atom is 0.289 e. The van der Waals surface area contributed by atoms with E-state index in [1.807, 2.05) is 20.8 Å². The first-order valence-electron chi connectivity index (χ1n) is 6.15. The molecule has 1 aliphatic rings. The molecule has 0 spiro atoms. The van der Waals surface area contributed by atoms with Crippen molar-refractivity contribution >= 4 is 11.7 Å². The number of Topliss-reactive ketones (excluding diaryl/α,β-unsaturated/α-hetero) is 1. The van der Waals surface area contributed by atoms with Crippen LogP contribution in [0.25, 0.3) is 0 Å². The lowest BCUT2D eigenvalue weighted by Crippen LogP contribution is -2.48. The van der Waals surface area contributed by atoms with Crippen LogP contribution in [-0.4, -0.2) is 29.8 Å². The van der Waals surface area contributed by atoms with E-state index in [0.29, 0.717) is 0 Å². The average molecular weight is 226 g/mol. The molecular weight excluding hydrogens is 204 g/mol. The van der Waals surface area contributed by atoms with Crippen molar-refractivity contribution in [2.24, 2.45) is 0 Å². The van der Waals surface area contributed by atoms with Crippen LogP contribution in [0, 0.1) is 0 Å². The Balaban J connectivity index is 2.46. The van der Waals surface area contributed by atoms with Crippen LogP contribution >= 0.6 is 0 Å². The van der Waals surface area contributed by atoms with E-state index in [0.717, 1.165) is 25.7 Å². The number of carbonyl (C=O) groups is 2. The molecule has 1 fully saturated rings. The summed E-state index contributed by atoms with van der Waals surface area (Å²) < 4.78 is 0. The fourth-order valence-corrected chi connectivity index (χ4v) is 1.62. The van der Waals surface area contributed by atoms with Crippen LogP contribution in [-0.2, 0) is 9.59 Å². The second-order valence-electron chi connectivity index (χ2n) is 4.77. The molecule has 0 aromatic heterocycles. The van der Waals surface area contributed by atoms with Crippen molar-refractivity contribution < 1.29 is 9.59 Å². The predicted molar refractivity (Wildman–Crippen MR) is 63.1 cm³/mol. The molecule has 1 aliphatic carbocycles. The van der Waals surface area contributed by atoms with Crippen LogP contribution in [0.15, 0.2) is 0 Å². The lowest BCUT2D eigenvalue weighted by Gasteiger charge is -2.18. The molecule has 0 aromatic rings. The molecule has 0 saturated heterocycles. The van der Waals surface area contributed by atoms with Crippen LogP contribution in [0.4, 0.5) is 0 Å². The third-order valence-electron chi connectivity index (χ3n) is 2.56. The summed E-state index contributed by atoms with van der Waals surface area (Å²) in [4.78, 5) is 23.4. The van der Waals surface area contributed by atoms with Gasteiger partial charge in [-0.15, -0.1) is 0 Å². The fraction of sp³-hybridized carbons (Fsp3) is 0.833. The highest BCUT2D eigenvalue weighted by Crippen LogP contribution is 2.18. The standard InChI is InChI=1S/C12H22N2O2/c1-4-5-10(13-8(2)3)11(15)12(16)14-9-6-7-9/h8-10,13H,4-7H2,1-3H3,(H,14,16). The van der Waals surface area contributed by atoms with E-state index in [1.54, 1.807) is 0 Å². The number of ketones is 1. The Kier molecular flexibility index (Phi) is 4.93. The molecule has 0 heterocycles. The highest BCUT2D eigenvalue weighted by molar-refractivity contribution is 6.38. The highest BCUT2D eigenvalue weighted by atomic mass is 16.2. The molecule has 92 valence electrons. The Morgan fingerprint density at radius 1 is 1.31 bits per heavy atom. The molecule has 0 radical (unpaired) electrons.